The van der Waals surface area contributed by atoms with Crippen molar-refractivity contribution in [3.8, 4) is 22.9 Å². The quantitative estimate of drug-likeness (QED) is 0.428. The van der Waals surface area contributed by atoms with Crippen molar-refractivity contribution in [2.75, 3.05) is 7.11 Å². The molecule has 0 amide bonds. The zero-order valence-corrected chi connectivity index (χ0v) is 15.0. The lowest BCUT2D eigenvalue weighted by molar-refractivity contribution is -0.0512. The maximum atomic E-state index is 12.4. The van der Waals surface area contributed by atoms with Gasteiger partial charge >= 0.3 is 12.6 Å². The Morgan fingerprint density at radius 1 is 1.25 bits per heavy atom. The number of rotatable bonds is 7. The molecule has 0 aliphatic carbocycles. The minimum absolute atomic E-state index is 0.0390. The van der Waals surface area contributed by atoms with E-state index in [1.165, 1.54) is 43.6 Å². The van der Waals surface area contributed by atoms with E-state index in [9.17, 15) is 13.6 Å². The highest BCUT2D eigenvalue weighted by Gasteiger charge is 2.16. The molecule has 0 aliphatic rings. The van der Waals surface area contributed by atoms with Crippen molar-refractivity contribution in [1.82, 2.24) is 15.1 Å². The third-order valence-corrected chi connectivity index (χ3v) is 3.62. The summed E-state index contributed by atoms with van der Waals surface area (Å²) in [7, 11) is 1.31. The number of esters is 1. The first kappa shape index (κ1) is 19.5. The number of benzene rings is 1. The van der Waals surface area contributed by atoms with Gasteiger partial charge in [-0.3, -0.25) is 0 Å². The number of aromatic nitrogens is 3. The summed E-state index contributed by atoms with van der Waals surface area (Å²) in [6.07, 6.45) is 1.28. The van der Waals surface area contributed by atoms with Gasteiger partial charge in [0.05, 0.1) is 12.7 Å². The molecule has 8 nitrogen and oxygen atoms in total. The Bertz CT molecular complexity index is 966. The Morgan fingerprint density at radius 2 is 2.07 bits per heavy atom. The highest BCUT2D eigenvalue weighted by molar-refractivity contribution is 6.29. The summed E-state index contributed by atoms with van der Waals surface area (Å²) in [5, 5.41) is 4.01. The molecule has 0 N–H and O–H groups in total. The van der Waals surface area contributed by atoms with Crippen LogP contribution in [0.1, 0.15) is 16.2 Å². The van der Waals surface area contributed by atoms with E-state index in [0.717, 1.165) is 0 Å². The molecular formula is C17H12ClF2N3O5. The van der Waals surface area contributed by atoms with E-state index in [1.807, 2.05) is 0 Å². The Labute approximate surface area is 162 Å². The topological polar surface area (TPSA) is 96.6 Å². The number of pyridine rings is 1. The van der Waals surface area contributed by atoms with Gasteiger partial charge in [-0.15, -0.1) is 0 Å². The van der Waals surface area contributed by atoms with Gasteiger partial charge in [-0.05, 0) is 30.3 Å². The molecule has 2 aromatic heterocycles. The number of halogens is 3. The summed E-state index contributed by atoms with van der Waals surface area (Å²) in [5.74, 6) is -0.501. The zero-order chi connectivity index (χ0) is 20.1. The van der Waals surface area contributed by atoms with Crippen LogP contribution < -0.4 is 9.47 Å². The van der Waals surface area contributed by atoms with E-state index in [1.54, 1.807) is 0 Å². The molecule has 28 heavy (non-hydrogen) atoms. The number of nitrogens with zero attached hydrogens (tertiary/aromatic N) is 3. The van der Waals surface area contributed by atoms with Crippen LogP contribution in [0.15, 0.2) is 41.1 Å². The summed E-state index contributed by atoms with van der Waals surface area (Å²) < 4.78 is 44.2. The molecule has 0 saturated carbocycles. The van der Waals surface area contributed by atoms with Crippen molar-refractivity contribution in [2.24, 2.45) is 0 Å². The molecule has 0 aliphatic heterocycles. The summed E-state index contributed by atoms with van der Waals surface area (Å²) in [6, 6.07) is 7.09. The lowest BCUT2D eigenvalue weighted by Crippen LogP contribution is -2.05. The Morgan fingerprint density at radius 3 is 2.75 bits per heavy atom. The van der Waals surface area contributed by atoms with Crippen molar-refractivity contribution in [1.29, 1.82) is 0 Å². The van der Waals surface area contributed by atoms with E-state index in [0.29, 0.717) is 5.56 Å². The van der Waals surface area contributed by atoms with E-state index < -0.39 is 12.6 Å². The number of ether oxygens (including phenoxy) is 3. The van der Waals surface area contributed by atoms with Crippen LogP contribution in [-0.4, -0.2) is 34.8 Å². The lowest BCUT2D eigenvalue weighted by atomic mass is 10.2. The number of hydrogen-bond acceptors (Lipinski definition) is 8. The Kier molecular flexibility index (Phi) is 5.99. The Hall–Kier alpha value is -3.27. The highest BCUT2D eigenvalue weighted by atomic mass is 35.5. The van der Waals surface area contributed by atoms with Gasteiger partial charge in [0.25, 0.3) is 5.89 Å². The zero-order valence-electron chi connectivity index (χ0n) is 14.3. The van der Waals surface area contributed by atoms with Crippen LogP contribution in [0, 0.1) is 0 Å². The number of carbonyl (C=O) groups excluding carboxylic acids is 1. The third kappa shape index (κ3) is 4.71. The molecule has 2 heterocycles. The van der Waals surface area contributed by atoms with Gasteiger partial charge in [-0.2, -0.15) is 13.8 Å². The molecule has 0 unspecified atom stereocenters. The van der Waals surface area contributed by atoms with Crippen LogP contribution in [0.2, 0.25) is 5.15 Å². The lowest BCUT2D eigenvalue weighted by Gasteiger charge is -2.10. The van der Waals surface area contributed by atoms with Gasteiger partial charge in [-0.1, -0.05) is 16.8 Å². The number of alkyl halides is 2. The van der Waals surface area contributed by atoms with E-state index in [4.69, 9.17) is 25.6 Å². The second kappa shape index (κ2) is 8.61. The van der Waals surface area contributed by atoms with E-state index in [2.05, 4.69) is 19.9 Å². The summed E-state index contributed by atoms with van der Waals surface area (Å²) in [6.45, 7) is -3.25. The molecule has 0 spiro atoms. The van der Waals surface area contributed by atoms with Gasteiger partial charge in [0, 0.05) is 11.8 Å². The number of carbonyl (C=O) groups is 1. The van der Waals surface area contributed by atoms with Gasteiger partial charge in [0.15, 0.2) is 18.1 Å². The molecule has 0 fully saturated rings. The van der Waals surface area contributed by atoms with Crippen LogP contribution in [0.4, 0.5) is 8.78 Å². The molecule has 0 bridgehead atoms. The van der Waals surface area contributed by atoms with Gasteiger partial charge < -0.3 is 18.7 Å². The normalized spacial score (nSPS) is 10.8. The Balaban J connectivity index is 1.68. The average molecular weight is 412 g/mol. The largest absolute Gasteiger partial charge is 0.493 e. The fourth-order valence-electron chi connectivity index (χ4n) is 2.14. The van der Waals surface area contributed by atoms with Crippen LogP contribution in [0.3, 0.4) is 0 Å². The first-order valence-electron chi connectivity index (χ1n) is 7.70. The maximum Gasteiger partial charge on any atom is 0.387 e. The van der Waals surface area contributed by atoms with Crippen molar-refractivity contribution < 1.29 is 32.3 Å². The van der Waals surface area contributed by atoms with Gasteiger partial charge in [0.2, 0.25) is 5.82 Å². The molecule has 0 saturated heterocycles. The molecule has 0 radical (unpaired) electrons. The summed E-state index contributed by atoms with van der Waals surface area (Å²) >= 11 is 5.66. The summed E-state index contributed by atoms with van der Waals surface area (Å²) in [5.41, 5.74) is 0.644. The molecule has 3 aromatic rings. The highest BCUT2D eigenvalue weighted by Crippen LogP contribution is 2.32. The standard InChI is InChI=1S/C17H12ClF2N3O5/c1-25-12-6-9(2-4-11(12)27-17(19)20)15-22-14(28-23-15)8-26-16(24)10-3-5-13(18)21-7-10/h2-7,17H,8H2,1H3. The van der Waals surface area contributed by atoms with Gasteiger partial charge in [-0.25, -0.2) is 9.78 Å². The second-order valence-electron chi connectivity index (χ2n) is 5.20. The first-order valence-corrected chi connectivity index (χ1v) is 8.08. The van der Waals surface area contributed by atoms with Crippen molar-refractivity contribution in [2.45, 2.75) is 13.2 Å². The molecule has 11 heteroatoms. The van der Waals surface area contributed by atoms with Crippen molar-refractivity contribution >= 4 is 17.6 Å². The van der Waals surface area contributed by atoms with Crippen LogP contribution >= 0.6 is 11.6 Å². The van der Waals surface area contributed by atoms with Crippen LogP contribution in [0.5, 0.6) is 11.5 Å². The van der Waals surface area contributed by atoms with Crippen LogP contribution in [0.25, 0.3) is 11.4 Å². The minimum atomic E-state index is -2.98. The first-order chi connectivity index (χ1) is 13.5. The van der Waals surface area contributed by atoms with Crippen LogP contribution in [-0.2, 0) is 11.3 Å². The van der Waals surface area contributed by atoms with Crippen molar-refractivity contribution in [3.63, 3.8) is 0 Å². The maximum absolute atomic E-state index is 12.4. The van der Waals surface area contributed by atoms with Gasteiger partial charge in [0.1, 0.15) is 5.15 Å². The number of methoxy groups -OCH3 is 1. The van der Waals surface area contributed by atoms with E-state index in [-0.39, 0.29) is 40.5 Å². The molecule has 1 aromatic carbocycles. The average Bonchev–Trinajstić information content (AvgIpc) is 3.15. The second-order valence-corrected chi connectivity index (χ2v) is 5.59. The molecular weight excluding hydrogens is 400 g/mol. The van der Waals surface area contributed by atoms with Crippen molar-refractivity contribution in [3.05, 3.63) is 53.1 Å². The summed E-state index contributed by atoms with van der Waals surface area (Å²) in [4.78, 5) is 19.8. The molecule has 146 valence electrons. The van der Waals surface area contributed by atoms with E-state index >= 15 is 0 Å². The predicted molar refractivity (Wildman–Crippen MR) is 91.3 cm³/mol. The smallest absolute Gasteiger partial charge is 0.387 e. The fourth-order valence-corrected chi connectivity index (χ4v) is 2.25. The third-order valence-electron chi connectivity index (χ3n) is 3.40. The number of hydrogen-bond donors (Lipinski definition) is 0. The predicted octanol–water partition coefficient (Wildman–Crippen LogP) is 3.75. The molecule has 0 atom stereocenters. The fraction of sp³-hybridized carbons (Fsp3) is 0.176. The molecule has 3 rings (SSSR count). The monoisotopic (exact) mass is 411 g/mol. The SMILES string of the molecule is COc1cc(-c2noc(COC(=O)c3ccc(Cl)nc3)n2)ccc1OC(F)F. The minimum Gasteiger partial charge on any atom is -0.493 e.